The molecule has 0 fully saturated rings. The molecular formula is C14H31N3O2. The third-order valence-corrected chi connectivity index (χ3v) is 3.08. The molecule has 0 rings (SSSR count). The summed E-state index contributed by atoms with van der Waals surface area (Å²) < 4.78 is 0. The molecule has 0 aromatic carbocycles. The predicted molar refractivity (Wildman–Crippen MR) is 78.4 cm³/mol. The van der Waals surface area contributed by atoms with Crippen LogP contribution < -0.4 is 16.9 Å². The van der Waals surface area contributed by atoms with Gasteiger partial charge < -0.3 is 16.3 Å². The highest BCUT2D eigenvalue weighted by molar-refractivity contribution is 5.75. The van der Waals surface area contributed by atoms with Crippen molar-refractivity contribution in [2.24, 2.45) is 11.5 Å². The quantitative estimate of drug-likeness (QED) is 0.352. The molecular weight excluding hydrogens is 242 g/mol. The smallest absolute Gasteiger partial charge is 0.341 e. The first-order valence-electron chi connectivity index (χ1n) is 7.61. The first kappa shape index (κ1) is 18.4. The summed E-state index contributed by atoms with van der Waals surface area (Å²) in [5, 5.41) is 0. The van der Waals surface area contributed by atoms with E-state index < -0.39 is 6.04 Å². The first-order chi connectivity index (χ1) is 9.22. The Morgan fingerprint density at radius 2 is 1.79 bits per heavy atom. The number of unbranched alkanes of at least 4 members (excludes halogenated alkanes) is 6. The van der Waals surface area contributed by atoms with Gasteiger partial charge in [0.25, 0.3) is 0 Å². The lowest BCUT2D eigenvalue weighted by Crippen LogP contribution is -2.36. The minimum absolute atomic E-state index is 0.372. The molecule has 0 amide bonds. The molecule has 0 spiro atoms. The van der Waals surface area contributed by atoms with E-state index in [1.807, 2.05) is 0 Å². The van der Waals surface area contributed by atoms with Crippen LogP contribution in [-0.2, 0) is 9.63 Å². The van der Waals surface area contributed by atoms with Gasteiger partial charge in [-0.05, 0) is 25.8 Å². The van der Waals surface area contributed by atoms with E-state index in [0.29, 0.717) is 19.5 Å². The second-order valence-corrected chi connectivity index (χ2v) is 4.97. The van der Waals surface area contributed by atoms with Crippen LogP contribution >= 0.6 is 0 Å². The maximum Gasteiger partial charge on any atom is 0.341 e. The Balaban J connectivity index is 3.32. The van der Waals surface area contributed by atoms with Gasteiger partial charge in [-0.3, -0.25) is 0 Å². The summed E-state index contributed by atoms with van der Waals surface area (Å²) in [6.07, 6.45) is 9.71. The normalized spacial score (nSPS) is 12.4. The van der Waals surface area contributed by atoms with Gasteiger partial charge >= 0.3 is 5.97 Å². The van der Waals surface area contributed by atoms with E-state index in [1.54, 1.807) is 0 Å². The van der Waals surface area contributed by atoms with Crippen LogP contribution in [0.5, 0.6) is 0 Å². The maximum atomic E-state index is 11.5. The Bertz CT molecular complexity index is 213. The number of hydrogen-bond donors (Lipinski definition) is 3. The summed E-state index contributed by atoms with van der Waals surface area (Å²) in [5.41, 5.74) is 13.8. The van der Waals surface area contributed by atoms with E-state index in [0.717, 1.165) is 19.3 Å². The Morgan fingerprint density at radius 1 is 1.11 bits per heavy atom. The van der Waals surface area contributed by atoms with Gasteiger partial charge in [-0.25, -0.2) is 4.79 Å². The van der Waals surface area contributed by atoms with E-state index in [1.165, 1.54) is 32.1 Å². The van der Waals surface area contributed by atoms with Crippen LogP contribution in [0.2, 0.25) is 0 Å². The average molecular weight is 273 g/mol. The minimum atomic E-state index is -0.538. The van der Waals surface area contributed by atoms with Crippen molar-refractivity contribution in [2.75, 3.05) is 13.1 Å². The highest BCUT2D eigenvalue weighted by Crippen LogP contribution is 2.04. The fraction of sp³-hybridized carbons (Fsp3) is 0.929. The molecule has 1 atom stereocenters. The van der Waals surface area contributed by atoms with Gasteiger partial charge in [-0.2, -0.15) is 5.48 Å². The largest absolute Gasteiger partial charge is 0.369 e. The van der Waals surface area contributed by atoms with Crippen LogP contribution in [0.1, 0.15) is 64.7 Å². The number of carbonyl (C=O) groups is 1. The molecule has 0 aromatic heterocycles. The molecule has 0 bridgehead atoms. The molecule has 0 radical (unpaired) electrons. The fourth-order valence-electron chi connectivity index (χ4n) is 1.80. The Kier molecular flexibility index (Phi) is 13.3. The van der Waals surface area contributed by atoms with Crippen molar-refractivity contribution in [1.29, 1.82) is 0 Å². The molecule has 5 nitrogen and oxygen atoms in total. The first-order valence-corrected chi connectivity index (χ1v) is 7.61. The zero-order valence-electron chi connectivity index (χ0n) is 12.3. The van der Waals surface area contributed by atoms with Crippen molar-refractivity contribution in [2.45, 2.75) is 70.8 Å². The SMILES string of the molecule is CCCCCCCCNOC(=O)C(N)CCCCN. The molecule has 0 saturated carbocycles. The van der Waals surface area contributed by atoms with Crippen LogP contribution in [0.15, 0.2) is 0 Å². The van der Waals surface area contributed by atoms with Gasteiger partial charge in [-0.15, -0.1) is 0 Å². The topological polar surface area (TPSA) is 90.4 Å². The number of rotatable bonds is 13. The lowest BCUT2D eigenvalue weighted by molar-refractivity contribution is -0.152. The highest BCUT2D eigenvalue weighted by atomic mass is 16.7. The van der Waals surface area contributed by atoms with Crippen molar-refractivity contribution in [1.82, 2.24) is 5.48 Å². The zero-order chi connectivity index (χ0) is 14.3. The van der Waals surface area contributed by atoms with Gasteiger partial charge in [0, 0.05) is 6.54 Å². The van der Waals surface area contributed by atoms with Crippen LogP contribution in [0.25, 0.3) is 0 Å². The number of hydrogen-bond acceptors (Lipinski definition) is 5. The number of nitrogens with two attached hydrogens (primary N) is 2. The Labute approximate surface area is 117 Å². The Hall–Kier alpha value is -0.650. The summed E-state index contributed by atoms with van der Waals surface area (Å²) in [6.45, 7) is 3.54. The van der Waals surface area contributed by atoms with Gasteiger partial charge in [0.15, 0.2) is 0 Å². The molecule has 114 valence electrons. The molecule has 5 N–H and O–H groups in total. The zero-order valence-corrected chi connectivity index (χ0v) is 12.3. The Morgan fingerprint density at radius 3 is 2.47 bits per heavy atom. The van der Waals surface area contributed by atoms with Crippen molar-refractivity contribution >= 4 is 5.97 Å². The van der Waals surface area contributed by atoms with Crippen molar-refractivity contribution in [3.8, 4) is 0 Å². The van der Waals surface area contributed by atoms with Crippen LogP contribution in [0, 0.1) is 0 Å². The number of hydroxylamine groups is 1. The van der Waals surface area contributed by atoms with Gasteiger partial charge in [0.2, 0.25) is 0 Å². The van der Waals surface area contributed by atoms with Crippen molar-refractivity contribution < 1.29 is 9.63 Å². The summed E-state index contributed by atoms with van der Waals surface area (Å²) in [5.74, 6) is -0.372. The molecule has 19 heavy (non-hydrogen) atoms. The number of nitrogens with one attached hydrogen (secondary N) is 1. The lowest BCUT2D eigenvalue weighted by atomic mass is 10.1. The fourth-order valence-corrected chi connectivity index (χ4v) is 1.80. The van der Waals surface area contributed by atoms with Crippen molar-refractivity contribution in [3.63, 3.8) is 0 Å². The second-order valence-electron chi connectivity index (χ2n) is 4.97. The third kappa shape index (κ3) is 12.1. The standard InChI is InChI=1S/C14H31N3O2/c1-2-3-4-5-6-9-12-17-19-14(18)13(16)10-7-8-11-15/h13,17H,2-12,15-16H2,1H3. The number of carbonyl (C=O) groups excluding carboxylic acids is 1. The molecule has 0 aliphatic rings. The maximum absolute atomic E-state index is 11.5. The van der Waals surface area contributed by atoms with Crippen LogP contribution in [-0.4, -0.2) is 25.1 Å². The molecule has 0 saturated heterocycles. The predicted octanol–water partition coefficient (Wildman–Crippen LogP) is 1.85. The van der Waals surface area contributed by atoms with E-state index >= 15 is 0 Å². The average Bonchev–Trinajstić information content (AvgIpc) is 2.41. The van der Waals surface area contributed by atoms with E-state index in [4.69, 9.17) is 16.3 Å². The van der Waals surface area contributed by atoms with E-state index in [9.17, 15) is 4.79 Å². The summed E-state index contributed by atoms with van der Waals surface area (Å²) >= 11 is 0. The summed E-state index contributed by atoms with van der Waals surface area (Å²) in [6, 6.07) is -0.538. The molecule has 0 aromatic rings. The van der Waals surface area contributed by atoms with Gasteiger partial charge in [0.1, 0.15) is 6.04 Å². The van der Waals surface area contributed by atoms with E-state index in [2.05, 4.69) is 12.4 Å². The van der Waals surface area contributed by atoms with Gasteiger partial charge in [0.05, 0.1) is 0 Å². The van der Waals surface area contributed by atoms with Crippen LogP contribution in [0.4, 0.5) is 0 Å². The van der Waals surface area contributed by atoms with Crippen molar-refractivity contribution in [3.05, 3.63) is 0 Å². The lowest BCUT2D eigenvalue weighted by Gasteiger charge is -2.11. The highest BCUT2D eigenvalue weighted by Gasteiger charge is 2.14. The molecule has 0 heterocycles. The molecule has 0 aliphatic heterocycles. The second kappa shape index (κ2) is 13.8. The minimum Gasteiger partial charge on any atom is -0.369 e. The third-order valence-electron chi connectivity index (χ3n) is 3.08. The van der Waals surface area contributed by atoms with Crippen LogP contribution in [0.3, 0.4) is 0 Å². The molecule has 1 unspecified atom stereocenters. The van der Waals surface area contributed by atoms with E-state index in [-0.39, 0.29) is 5.97 Å². The monoisotopic (exact) mass is 273 g/mol. The van der Waals surface area contributed by atoms with Gasteiger partial charge in [-0.1, -0.05) is 45.4 Å². The molecule has 5 heteroatoms. The molecule has 0 aliphatic carbocycles. The summed E-state index contributed by atoms with van der Waals surface area (Å²) in [4.78, 5) is 16.4. The summed E-state index contributed by atoms with van der Waals surface area (Å²) in [7, 11) is 0.